The lowest BCUT2D eigenvalue weighted by Gasteiger charge is -2.22. The van der Waals surface area contributed by atoms with E-state index in [1.807, 2.05) is 63.2 Å². The number of aryl methyl sites for hydroxylation is 2. The number of carbonyl (C=O) groups is 2. The molecule has 7 heteroatoms. The molecule has 2 aromatic carbocycles. The molecule has 0 bridgehead atoms. The average Bonchev–Trinajstić information content (AvgIpc) is 2.76. The molecule has 0 unspecified atom stereocenters. The molecule has 170 valence electrons. The lowest BCUT2D eigenvalue weighted by Crippen LogP contribution is -2.35. The highest BCUT2D eigenvalue weighted by Crippen LogP contribution is 2.26. The number of para-hydroxylation sites is 2. The van der Waals surface area contributed by atoms with Gasteiger partial charge in [-0.15, -0.1) is 0 Å². The van der Waals surface area contributed by atoms with Gasteiger partial charge in [0.25, 0.3) is 5.91 Å². The maximum atomic E-state index is 12.7. The van der Waals surface area contributed by atoms with Gasteiger partial charge in [-0.3, -0.25) is 9.59 Å². The van der Waals surface area contributed by atoms with Crippen molar-refractivity contribution >= 4 is 17.6 Å². The highest BCUT2D eigenvalue weighted by atomic mass is 16.5. The highest BCUT2D eigenvalue weighted by molar-refractivity contribution is 5.95. The van der Waals surface area contributed by atoms with Crippen molar-refractivity contribution in [1.82, 2.24) is 0 Å². The number of esters is 1. The zero-order chi connectivity index (χ0) is 23.3. The van der Waals surface area contributed by atoms with Gasteiger partial charge in [-0.2, -0.15) is 5.26 Å². The van der Waals surface area contributed by atoms with Crippen molar-refractivity contribution < 1.29 is 23.8 Å². The number of anilines is 1. The highest BCUT2D eigenvalue weighted by Gasteiger charge is 2.18. The Balaban J connectivity index is 1.82. The first-order chi connectivity index (χ1) is 15.4. The van der Waals surface area contributed by atoms with E-state index < -0.39 is 5.97 Å². The molecule has 0 fully saturated rings. The Bertz CT molecular complexity index is 931. The maximum absolute atomic E-state index is 12.7. The molecule has 0 aromatic heterocycles. The van der Waals surface area contributed by atoms with Crippen molar-refractivity contribution in [2.24, 2.45) is 0 Å². The smallest absolute Gasteiger partial charge is 0.306 e. The van der Waals surface area contributed by atoms with Crippen LogP contribution in [-0.2, 0) is 14.3 Å². The topological polar surface area (TPSA) is 88.9 Å². The van der Waals surface area contributed by atoms with Crippen molar-refractivity contribution in [3.63, 3.8) is 0 Å². The van der Waals surface area contributed by atoms with Crippen molar-refractivity contribution in [2.75, 3.05) is 31.3 Å². The lowest BCUT2D eigenvalue weighted by atomic mass is 10.1. The van der Waals surface area contributed by atoms with E-state index in [9.17, 15) is 9.59 Å². The van der Waals surface area contributed by atoms with Gasteiger partial charge in [0.2, 0.25) is 0 Å². The minimum Gasteiger partial charge on any atom is -0.490 e. The van der Waals surface area contributed by atoms with Gasteiger partial charge in [-0.25, -0.2) is 0 Å². The SMILES string of the molecule is CCOc1ccccc1OCCCC(=O)OCC(=O)N(CCC#N)c1cc(C)cc(C)c1. The number of carbonyl (C=O) groups excluding carboxylic acids is 2. The molecule has 0 atom stereocenters. The van der Waals surface area contributed by atoms with Gasteiger partial charge in [0.15, 0.2) is 18.1 Å². The molecule has 0 aliphatic carbocycles. The lowest BCUT2D eigenvalue weighted by molar-refractivity contribution is -0.148. The molecule has 0 saturated carbocycles. The van der Waals surface area contributed by atoms with Crippen LogP contribution >= 0.6 is 0 Å². The Morgan fingerprint density at radius 3 is 2.31 bits per heavy atom. The molecule has 32 heavy (non-hydrogen) atoms. The van der Waals surface area contributed by atoms with Crippen molar-refractivity contribution in [3.05, 3.63) is 53.6 Å². The van der Waals surface area contributed by atoms with Crippen LogP contribution in [0.1, 0.15) is 37.3 Å². The fourth-order valence-electron chi connectivity index (χ4n) is 3.20. The number of ether oxygens (including phenoxy) is 3. The first-order valence-corrected chi connectivity index (χ1v) is 10.7. The summed E-state index contributed by atoms with van der Waals surface area (Å²) in [5, 5.41) is 8.93. The standard InChI is InChI=1S/C25H30N2O5/c1-4-30-22-9-5-6-10-23(22)31-14-7-11-25(29)32-18-24(28)27(13-8-12-26)21-16-19(2)15-20(3)17-21/h5-6,9-10,15-17H,4,7-8,11,13-14,18H2,1-3H3. The first kappa shape index (κ1) is 24.7. The molecule has 2 aromatic rings. The second-order valence-corrected chi connectivity index (χ2v) is 7.29. The Morgan fingerprint density at radius 1 is 1.03 bits per heavy atom. The van der Waals surface area contributed by atoms with Crippen LogP contribution in [-0.4, -0.2) is 38.2 Å². The summed E-state index contributed by atoms with van der Waals surface area (Å²) in [6.45, 7) is 6.51. The van der Waals surface area contributed by atoms with Crippen LogP contribution in [0.3, 0.4) is 0 Å². The van der Waals surface area contributed by atoms with Gasteiger partial charge < -0.3 is 19.1 Å². The Labute approximate surface area is 189 Å². The molecule has 2 rings (SSSR count). The molecule has 0 spiro atoms. The number of benzene rings is 2. The molecule has 0 aliphatic heterocycles. The first-order valence-electron chi connectivity index (χ1n) is 10.7. The summed E-state index contributed by atoms with van der Waals surface area (Å²) in [5.74, 6) is 0.452. The number of hydrogen-bond donors (Lipinski definition) is 0. The number of rotatable bonds is 12. The third-order valence-corrected chi connectivity index (χ3v) is 4.55. The van der Waals surface area contributed by atoms with E-state index in [-0.39, 0.29) is 31.9 Å². The van der Waals surface area contributed by atoms with Crippen LogP contribution in [0.15, 0.2) is 42.5 Å². The molecule has 0 heterocycles. The van der Waals surface area contributed by atoms with Crippen LogP contribution in [0, 0.1) is 25.2 Å². The van der Waals surface area contributed by atoms with E-state index in [4.69, 9.17) is 19.5 Å². The molecule has 7 nitrogen and oxygen atoms in total. The van der Waals surface area contributed by atoms with Crippen LogP contribution in [0.5, 0.6) is 11.5 Å². The van der Waals surface area contributed by atoms with Gasteiger partial charge in [0.05, 0.1) is 25.7 Å². The molecule has 0 N–H and O–H groups in total. The monoisotopic (exact) mass is 438 g/mol. The second-order valence-electron chi connectivity index (χ2n) is 7.29. The van der Waals surface area contributed by atoms with E-state index in [1.54, 1.807) is 0 Å². The number of nitriles is 1. The van der Waals surface area contributed by atoms with Gasteiger partial charge in [-0.1, -0.05) is 18.2 Å². The zero-order valence-corrected chi connectivity index (χ0v) is 18.9. The molecule has 1 amide bonds. The average molecular weight is 439 g/mol. The molecule has 0 aliphatic rings. The van der Waals surface area contributed by atoms with Crippen molar-refractivity contribution in [1.29, 1.82) is 5.26 Å². The fraction of sp³-hybridized carbons (Fsp3) is 0.400. The zero-order valence-electron chi connectivity index (χ0n) is 18.9. The summed E-state index contributed by atoms with van der Waals surface area (Å²) >= 11 is 0. The molecule has 0 saturated heterocycles. The molecular formula is C25H30N2O5. The van der Waals surface area contributed by atoms with Crippen LogP contribution in [0.25, 0.3) is 0 Å². The van der Waals surface area contributed by atoms with E-state index >= 15 is 0 Å². The summed E-state index contributed by atoms with van der Waals surface area (Å²) in [7, 11) is 0. The molecule has 0 radical (unpaired) electrons. The Kier molecular flexibility index (Phi) is 10.1. The van der Waals surface area contributed by atoms with E-state index in [2.05, 4.69) is 6.07 Å². The third kappa shape index (κ3) is 7.95. The number of amides is 1. The summed E-state index contributed by atoms with van der Waals surface area (Å²) in [6, 6.07) is 15.2. The van der Waals surface area contributed by atoms with Crippen LogP contribution < -0.4 is 14.4 Å². The van der Waals surface area contributed by atoms with E-state index in [1.165, 1.54) is 4.90 Å². The van der Waals surface area contributed by atoms with E-state index in [0.29, 0.717) is 36.8 Å². The predicted octanol–water partition coefficient (Wildman–Crippen LogP) is 4.35. The third-order valence-electron chi connectivity index (χ3n) is 4.55. The normalized spacial score (nSPS) is 10.2. The Morgan fingerprint density at radius 2 is 1.69 bits per heavy atom. The van der Waals surface area contributed by atoms with E-state index in [0.717, 1.165) is 11.1 Å². The van der Waals surface area contributed by atoms with Gasteiger partial charge in [0.1, 0.15) is 0 Å². The minimum absolute atomic E-state index is 0.131. The molecular weight excluding hydrogens is 408 g/mol. The van der Waals surface area contributed by atoms with Crippen molar-refractivity contribution in [2.45, 2.75) is 40.0 Å². The summed E-state index contributed by atoms with van der Waals surface area (Å²) < 4.78 is 16.4. The largest absolute Gasteiger partial charge is 0.490 e. The summed E-state index contributed by atoms with van der Waals surface area (Å²) in [4.78, 5) is 26.3. The van der Waals surface area contributed by atoms with Crippen molar-refractivity contribution in [3.8, 4) is 17.6 Å². The fourth-order valence-corrected chi connectivity index (χ4v) is 3.20. The minimum atomic E-state index is -0.472. The van der Waals surface area contributed by atoms with Gasteiger partial charge >= 0.3 is 5.97 Å². The van der Waals surface area contributed by atoms with Crippen LogP contribution in [0.2, 0.25) is 0 Å². The summed E-state index contributed by atoms with van der Waals surface area (Å²) in [6.07, 6.45) is 0.766. The number of nitrogens with zero attached hydrogens (tertiary/aromatic N) is 2. The van der Waals surface area contributed by atoms with Gasteiger partial charge in [0, 0.05) is 18.7 Å². The second kappa shape index (κ2) is 13.0. The van der Waals surface area contributed by atoms with Crippen LogP contribution in [0.4, 0.5) is 5.69 Å². The predicted molar refractivity (Wildman–Crippen MR) is 122 cm³/mol. The summed E-state index contributed by atoms with van der Waals surface area (Å²) in [5.41, 5.74) is 2.72. The Hall–Kier alpha value is -3.53. The maximum Gasteiger partial charge on any atom is 0.306 e. The van der Waals surface area contributed by atoms with Gasteiger partial charge in [-0.05, 0) is 62.6 Å². The quantitative estimate of drug-likeness (QED) is 0.362. The number of hydrogen-bond acceptors (Lipinski definition) is 6.